The molecule has 0 aliphatic carbocycles. The number of nitrogens with one attached hydrogen (secondary N) is 1. The Kier molecular flexibility index (Phi) is 4.46. The van der Waals surface area contributed by atoms with E-state index in [0.717, 1.165) is 0 Å². The maximum Gasteiger partial charge on any atom is 1.00 e. The summed E-state index contributed by atoms with van der Waals surface area (Å²) in [4.78, 5) is -0.294. The number of hydrogen-bond acceptors (Lipinski definition) is 5. The molecule has 0 radical (unpaired) electrons. The Hall–Kier alpha value is -0.513. The van der Waals surface area contributed by atoms with Crippen LogP contribution in [0.2, 0.25) is 0 Å². The third-order valence-electron chi connectivity index (χ3n) is 1.29. The first-order valence-electron chi connectivity index (χ1n) is 3.06. The van der Waals surface area contributed by atoms with Gasteiger partial charge in [0.25, 0.3) is 0 Å². The fraction of sp³-hybridized carbons (Fsp3) is 0. The van der Waals surface area contributed by atoms with Crippen molar-refractivity contribution in [2.45, 2.75) is 4.90 Å². The van der Waals surface area contributed by atoms with Crippen molar-refractivity contribution >= 4 is 15.8 Å². The summed E-state index contributed by atoms with van der Waals surface area (Å²) in [5.41, 5.74) is 2.62. The van der Waals surface area contributed by atoms with E-state index >= 15 is 0 Å². The van der Waals surface area contributed by atoms with E-state index in [4.69, 9.17) is 5.84 Å². The summed E-state index contributed by atoms with van der Waals surface area (Å²) in [6, 6.07) is 5.36. The van der Waals surface area contributed by atoms with Crippen LogP contribution in [0.5, 0.6) is 0 Å². The van der Waals surface area contributed by atoms with E-state index in [1.54, 1.807) is 6.07 Å². The smallest absolute Gasteiger partial charge is 0.744 e. The van der Waals surface area contributed by atoms with Crippen LogP contribution in [0.4, 0.5) is 5.69 Å². The second-order valence-electron chi connectivity index (χ2n) is 2.13. The van der Waals surface area contributed by atoms with E-state index < -0.39 is 10.1 Å². The fourth-order valence-corrected chi connectivity index (χ4v) is 1.26. The molecule has 5 nitrogen and oxygen atoms in total. The number of hydrogen-bond donors (Lipinski definition) is 2. The molecule has 3 N–H and O–H groups in total. The van der Waals surface area contributed by atoms with Crippen molar-refractivity contribution in [2.75, 3.05) is 5.43 Å². The zero-order valence-corrected chi connectivity index (χ0v) is 7.84. The molecular formula is C6H7LiN2O3S. The van der Waals surface area contributed by atoms with Crippen LogP contribution < -0.4 is 30.1 Å². The molecule has 0 saturated heterocycles. The van der Waals surface area contributed by atoms with Gasteiger partial charge in [-0.05, 0) is 18.2 Å². The minimum Gasteiger partial charge on any atom is -0.744 e. The average Bonchev–Trinajstić information content (AvgIpc) is 2.03. The summed E-state index contributed by atoms with van der Waals surface area (Å²) in [5.74, 6) is 5.02. The molecule has 1 aromatic rings. The van der Waals surface area contributed by atoms with E-state index in [1.807, 2.05) is 0 Å². The van der Waals surface area contributed by atoms with Crippen LogP contribution in [-0.4, -0.2) is 13.0 Å². The quantitative estimate of drug-likeness (QED) is 0.225. The summed E-state index contributed by atoms with van der Waals surface area (Å²) >= 11 is 0. The molecule has 0 bridgehead atoms. The van der Waals surface area contributed by atoms with Gasteiger partial charge in [-0.25, -0.2) is 8.42 Å². The van der Waals surface area contributed by atoms with Gasteiger partial charge in [0.2, 0.25) is 0 Å². The topological polar surface area (TPSA) is 95.2 Å². The van der Waals surface area contributed by atoms with Crippen LogP contribution in [-0.2, 0) is 10.1 Å². The largest absolute Gasteiger partial charge is 1.00 e. The zero-order chi connectivity index (χ0) is 9.19. The van der Waals surface area contributed by atoms with Crippen molar-refractivity contribution in [1.29, 1.82) is 0 Å². The third-order valence-corrected chi connectivity index (χ3v) is 2.12. The molecule has 0 unspecified atom stereocenters. The molecule has 0 saturated carbocycles. The summed E-state index contributed by atoms with van der Waals surface area (Å²) in [5, 5.41) is 0. The second kappa shape index (κ2) is 4.65. The van der Waals surface area contributed by atoms with Gasteiger partial charge in [-0.15, -0.1) is 0 Å². The molecule has 13 heavy (non-hydrogen) atoms. The Morgan fingerprint density at radius 3 is 2.46 bits per heavy atom. The Morgan fingerprint density at radius 1 is 1.38 bits per heavy atom. The number of nitrogen functional groups attached to an aromatic ring is 1. The SMILES string of the molecule is NNc1cccc(S(=O)(=O)[O-])c1.[Li+]. The third kappa shape index (κ3) is 3.38. The number of nitrogens with two attached hydrogens (primary N) is 1. The van der Waals surface area contributed by atoms with Crippen molar-refractivity contribution in [3.05, 3.63) is 24.3 Å². The normalized spacial score (nSPS) is 10.3. The van der Waals surface area contributed by atoms with E-state index in [-0.39, 0.29) is 23.8 Å². The Labute approximate surface area is 88.2 Å². The van der Waals surface area contributed by atoms with Crippen molar-refractivity contribution in [3.63, 3.8) is 0 Å². The first-order valence-corrected chi connectivity index (χ1v) is 4.47. The molecule has 0 aliphatic rings. The monoisotopic (exact) mass is 194 g/mol. The van der Waals surface area contributed by atoms with E-state index in [2.05, 4.69) is 5.43 Å². The van der Waals surface area contributed by atoms with Crippen LogP contribution >= 0.6 is 0 Å². The fourth-order valence-electron chi connectivity index (χ4n) is 0.741. The number of hydrazine groups is 1. The van der Waals surface area contributed by atoms with E-state index in [1.165, 1.54) is 18.2 Å². The zero-order valence-electron chi connectivity index (χ0n) is 7.02. The molecule has 0 fully saturated rings. The summed E-state index contributed by atoms with van der Waals surface area (Å²) in [6.45, 7) is 0. The van der Waals surface area contributed by atoms with Gasteiger partial charge in [-0.3, -0.25) is 5.84 Å². The van der Waals surface area contributed by atoms with Gasteiger partial charge in [-0.2, -0.15) is 0 Å². The van der Waals surface area contributed by atoms with Crippen molar-refractivity contribution in [1.82, 2.24) is 0 Å². The molecule has 0 heterocycles. The Morgan fingerprint density at radius 2 is 2.00 bits per heavy atom. The van der Waals surface area contributed by atoms with Gasteiger partial charge < -0.3 is 9.98 Å². The van der Waals surface area contributed by atoms with Crippen LogP contribution in [0.15, 0.2) is 29.2 Å². The number of anilines is 1. The molecule has 1 aromatic carbocycles. The molecule has 0 amide bonds. The Balaban J connectivity index is 0.00000144. The van der Waals surface area contributed by atoms with Gasteiger partial charge in [0.1, 0.15) is 10.1 Å². The Bertz CT molecular complexity index is 379. The molecule has 7 heteroatoms. The predicted octanol–water partition coefficient (Wildman–Crippen LogP) is -3.12. The second-order valence-corrected chi connectivity index (χ2v) is 3.51. The summed E-state index contributed by atoms with van der Waals surface area (Å²) in [6.07, 6.45) is 0. The van der Waals surface area contributed by atoms with Crippen LogP contribution in [0, 0.1) is 0 Å². The number of rotatable bonds is 2. The maximum absolute atomic E-state index is 10.5. The predicted molar refractivity (Wildman–Crippen MR) is 42.2 cm³/mol. The van der Waals surface area contributed by atoms with Crippen molar-refractivity contribution < 1.29 is 31.8 Å². The van der Waals surface area contributed by atoms with Crippen LogP contribution in [0.25, 0.3) is 0 Å². The molecule has 1 rings (SSSR count). The molecule has 66 valence electrons. The minimum absolute atomic E-state index is 0. The summed E-state index contributed by atoms with van der Waals surface area (Å²) in [7, 11) is -4.38. The van der Waals surface area contributed by atoms with Crippen LogP contribution in [0.1, 0.15) is 0 Å². The van der Waals surface area contributed by atoms with Crippen LogP contribution in [0.3, 0.4) is 0 Å². The van der Waals surface area contributed by atoms with E-state index in [0.29, 0.717) is 5.69 Å². The molecule has 0 spiro atoms. The molecular weight excluding hydrogens is 187 g/mol. The van der Waals surface area contributed by atoms with Crippen molar-refractivity contribution in [2.24, 2.45) is 5.84 Å². The first-order chi connectivity index (χ1) is 5.54. The van der Waals surface area contributed by atoms with Gasteiger partial charge in [0.15, 0.2) is 0 Å². The van der Waals surface area contributed by atoms with Crippen molar-refractivity contribution in [3.8, 4) is 0 Å². The summed E-state index contributed by atoms with van der Waals surface area (Å²) < 4.78 is 31.4. The van der Waals surface area contributed by atoms with Gasteiger partial charge in [-0.1, -0.05) is 6.07 Å². The molecule has 0 atom stereocenters. The van der Waals surface area contributed by atoms with E-state index in [9.17, 15) is 13.0 Å². The van der Waals surface area contributed by atoms with Gasteiger partial charge in [0.05, 0.1) is 4.90 Å². The average molecular weight is 194 g/mol. The number of benzene rings is 1. The van der Waals surface area contributed by atoms with Gasteiger partial charge in [0, 0.05) is 5.69 Å². The first kappa shape index (κ1) is 12.5. The maximum atomic E-state index is 10.5. The standard InChI is InChI=1S/C6H8N2O3S.Li/c7-8-5-2-1-3-6(4-5)12(9,10)11;/h1-4,8H,7H2,(H,9,10,11);/q;+1/p-1. The molecule has 0 aromatic heterocycles. The molecule has 0 aliphatic heterocycles. The van der Waals surface area contributed by atoms with Gasteiger partial charge >= 0.3 is 18.9 Å². The minimum atomic E-state index is -4.38.